The fraction of sp³-hybridized carbons (Fsp3) is 0.136. The number of nitrogens with zero attached hydrogens (tertiary/aromatic N) is 2. The molecule has 0 saturated heterocycles. The van der Waals surface area contributed by atoms with Gasteiger partial charge >= 0.3 is 12.0 Å². The van der Waals surface area contributed by atoms with E-state index in [1.165, 1.54) is 17.0 Å². The average Bonchev–Trinajstić information content (AvgIpc) is 2.79. The zero-order valence-corrected chi connectivity index (χ0v) is 16.7. The number of anilines is 4. The molecule has 0 aliphatic carbocycles. The van der Waals surface area contributed by atoms with Gasteiger partial charge in [0.2, 0.25) is 0 Å². The molecule has 0 fully saturated rings. The van der Waals surface area contributed by atoms with Crippen LogP contribution in [0.4, 0.5) is 27.8 Å². The van der Waals surface area contributed by atoms with Crippen LogP contribution in [-0.4, -0.2) is 42.4 Å². The lowest BCUT2D eigenvalue weighted by molar-refractivity contribution is 0.0697. The van der Waals surface area contributed by atoms with Crippen LogP contribution in [0.15, 0.2) is 60.7 Å². The second-order valence-electron chi connectivity index (χ2n) is 6.69. The summed E-state index contributed by atoms with van der Waals surface area (Å²) < 4.78 is 10.8. The Morgan fingerprint density at radius 2 is 1.90 bits per heavy atom. The SMILES string of the molecule is COc1cccc(NC(=O)N2CCOc3ccc(Nc4ccc(C(=O)O)cc4)nc32)c1. The normalized spacial score (nSPS) is 12.4. The van der Waals surface area contributed by atoms with E-state index in [1.807, 2.05) is 0 Å². The number of aromatic carboxylic acids is 1. The molecule has 9 nitrogen and oxygen atoms in total. The van der Waals surface area contributed by atoms with Crippen molar-refractivity contribution in [1.29, 1.82) is 0 Å². The maximum atomic E-state index is 12.9. The Morgan fingerprint density at radius 1 is 1.10 bits per heavy atom. The third-order valence-corrected chi connectivity index (χ3v) is 4.64. The maximum Gasteiger partial charge on any atom is 0.335 e. The van der Waals surface area contributed by atoms with Gasteiger partial charge in [-0.25, -0.2) is 14.6 Å². The van der Waals surface area contributed by atoms with Crippen LogP contribution in [0, 0.1) is 0 Å². The fourth-order valence-corrected chi connectivity index (χ4v) is 3.10. The number of methoxy groups -OCH3 is 1. The van der Waals surface area contributed by atoms with Gasteiger partial charge in [0.05, 0.1) is 19.2 Å². The van der Waals surface area contributed by atoms with Crippen molar-refractivity contribution in [2.45, 2.75) is 0 Å². The summed E-state index contributed by atoms with van der Waals surface area (Å²) in [6.45, 7) is 0.691. The van der Waals surface area contributed by atoms with E-state index in [4.69, 9.17) is 14.6 Å². The molecule has 1 aromatic heterocycles. The fourth-order valence-electron chi connectivity index (χ4n) is 3.10. The predicted octanol–water partition coefficient (Wildman–Crippen LogP) is 3.96. The molecule has 4 rings (SSSR count). The van der Waals surface area contributed by atoms with Crippen LogP contribution in [0.1, 0.15) is 10.4 Å². The van der Waals surface area contributed by atoms with Crippen LogP contribution in [0.5, 0.6) is 11.5 Å². The number of amides is 2. The first-order valence-corrected chi connectivity index (χ1v) is 9.50. The molecule has 2 aromatic carbocycles. The molecule has 158 valence electrons. The highest BCUT2D eigenvalue weighted by Gasteiger charge is 2.26. The van der Waals surface area contributed by atoms with Crippen molar-refractivity contribution in [3.63, 3.8) is 0 Å². The number of aromatic nitrogens is 1. The van der Waals surface area contributed by atoms with Gasteiger partial charge < -0.3 is 25.2 Å². The van der Waals surface area contributed by atoms with Crippen molar-refractivity contribution in [2.24, 2.45) is 0 Å². The quantitative estimate of drug-likeness (QED) is 0.572. The van der Waals surface area contributed by atoms with Gasteiger partial charge in [-0.2, -0.15) is 0 Å². The van der Waals surface area contributed by atoms with Crippen molar-refractivity contribution in [1.82, 2.24) is 4.98 Å². The largest absolute Gasteiger partial charge is 0.497 e. The first kappa shape index (κ1) is 20.0. The first-order valence-electron chi connectivity index (χ1n) is 9.50. The van der Waals surface area contributed by atoms with E-state index in [9.17, 15) is 9.59 Å². The second kappa shape index (κ2) is 8.62. The van der Waals surface area contributed by atoms with Gasteiger partial charge in [-0.1, -0.05) is 6.07 Å². The number of carbonyl (C=O) groups is 2. The van der Waals surface area contributed by atoms with Gasteiger partial charge in [0.25, 0.3) is 0 Å². The second-order valence-corrected chi connectivity index (χ2v) is 6.69. The molecular weight excluding hydrogens is 400 g/mol. The smallest absolute Gasteiger partial charge is 0.335 e. The summed E-state index contributed by atoms with van der Waals surface area (Å²) in [5, 5.41) is 15.0. The lowest BCUT2D eigenvalue weighted by Crippen LogP contribution is -2.41. The van der Waals surface area contributed by atoms with Crippen LogP contribution < -0.4 is 25.0 Å². The van der Waals surface area contributed by atoms with E-state index in [-0.39, 0.29) is 11.6 Å². The highest BCUT2D eigenvalue weighted by molar-refractivity contribution is 6.02. The van der Waals surface area contributed by atoms with Crippen molar-refractivity contribution >= 4 is 35.0 Å². The summed E-state index contributed by atoms with van der Waals surface area (Å²) in [5.74, 6) is 1.02. The van der Waals surface area contributed by atoms with Crippen molar-refractivity contribution in [3.8, 4) is 11.5 Å². The van der Waals surface area contributed by atoms with Crippen LogP contribution in [0.2, 0.25) is 0 Å². The number of carbonyl (C=O) groups excluding carboxylic acids is 1. The van der Waals surface area contributed by atoms with Gasteiger partial charge in [0.1, 0.15) is 18.2 Å². The standard InChI is InChI=1S/C22H20N4O5/c1-30-17-4-2-3-16(13-17)24-22(29)26-11-12-31-18-9-10-19(25-20(18)26)23-15-7-5-14(6-8-15)21(27)28/h2-10,13H,11-12H2,1H3,(H,23,25)(H,24,29)(H,27,28). The van der Waals surface area contributed by atoms with Crippen LogP contribution in [0.25, 0.3) is 0 Å². The number of fused-ring (bicyclic) bond motifs is 1. The Balaban J connectivity index is 1.54. The van der Waals surface area contributed by atoms with Gasteiger partial charge in [-0.15, -0.1) is 0 Å². The molecule has 31 heavy (non-hydrogen) atoms. The molecule has 2 amide bonds. The Bertz CT molecular complexity index is 1120. The minimum Gasteiger partial charge on any atom is -0.497 e. The molecule has 0 atom stereocenters. The van der Waals surface area contributed by atoms with Crippen LogP contribution in [-0.2, 0) is 0 Å². The maximum absolute atomic E-state index is 12.9. The summed E-state index contributed by atoms with van der Waals surface area (Å²) in [5.41, 5.74) is 1.46. The predicted molar refractivity (Wildman–Crippen MR) is 116 cm³/mol. The Labute approximate surface area is 178 Å². The molecule has 1 aliphatic rings. The Kier molecular flexibility index (Phi) is 5.57. The number of carboxylic acid groups (broad SMARTS) is 1. The van der Waals surface area contributed by atoms with E-state index in [2.05, 4.69) is 15.6 Å². The van der Waals surface area contributed by atoms with Gasteiger partial charge in [0.15, 0.2) is 11.6 Å². The average molecular weight is 420 g/mol. The summed E-state index contributed by atoms with van der Waals surface area (Å²) in [4.78, 5) is 29.9. The van der Waals surface area contributed by atoms with E-state index < -0.39 is 5.97 Å². The van der Waals surface area contributed by atoms with Crippen molar-refractivity contribution in [3.05, 3.63) is 66.2 Å². The van der Waals surface area contributed by atoms with Gasteiger partial charge in [-0.05, 0) is 48.5 Å². The van der Waals surface area contributed by atoms with E-state index in [0.717, 1.165) is 0 Å². The number of hydrogen-bond acceptors (Lipinski definition) is 6. The van der Waals surface area contributed by atoms with Gasteiger partial charge in [-0.3, -0.25) is 4.90 Å². The third-order valence-electron chi connectivity index (χ3n) is 4.64. The first-order chi connectivity index (χ1) is 15.0. The molecule has 1 aliphatic heterocycles. The minimum atomic E-state index is -0.992. The molecule has 0 bridgehead atoms. The Morgan fingerprint density at radius 3 is 2.65 bits per heavy atom. The molecule has 0 radical (unpaired) electrons. The summed E-state index contributed by atoms with van der Waals surface area (Å²) >= 11 is 0. The lowest BCUT2D eigenvalue weighted by Gasteiger charge is -2.29. The van der Waals surface area contributed by atoms with Gasteiger partial charge in [0, 0.05) is 17.4 Å². The number of ether oxygens (including phenoxy) is 2. The number of hydrogen-bond donors (Lipinski definition) is 3. The van der Waals surface area contributed by atoms with Crippen molar-refractivity contribution < 1.29 is 24.2 Å². The number of rotatable bonds is 5. The molecular formula is C22H20N4O5. The lowest BCUT2D eigenvalue weighted by atomic mass is 10.2. The molecule has 0 spiro atoms. The molecule has 2 heterocycles. The molecule has 9 heteroatoms. The zero-order valence-electron chi connectivity index (χ0n) is 16.7. The van der Waals surface area contributed by atoms with E-state index in [1.54, 1.807) is 55.6 Å². The summed E-state index contributed by atoms with van der Waals surface area (Å²) in [6.07, 6.45) is 0. The highest BCUT2D eigenvalue weighted by atomic mass is 16.5. The molecule has 0 unspecified atom stereocenters. The zero-order chi connectivity index (χ0) is 21.8. The minimum absolute atomic E-state index is 0.192. The van der Waals surface area contributed by atoms with Crippen molar-refractivity contribution in [2.75, 3.05) is 35.8 Å². The summed E-state index contributed by atoms with van der Waals surface area (Å²) in [7, 11) is 1.56. The monoisotopic (exact) mass is 420 g/mol. The third kappa shape index (κ3) is 4.50. The summed E-state index contributed by atoms with van der Waals surface area (Å²) in [6, 6.07) is 16.5. The van der Waals surface area contributed by atoms with Crippen LogP contribution in [0.3, 0.4) is 0 Å². The number of benzene rings is 2. The number of urea groups is 1. The van der Waals surface area contributed by atoms with E-state index in [0.29, 0.717) is 47.7 Å². The molecule has 0 saturated carbocycles. The Hall–Kier alpha value is -4.27. The number of pyridine rings is 1. The topological polar surface area (TPSA) is 113 Å². The highest BCUT2D eigenvalue weighted by Crippen LogP contribution is 2.32. The number of nitrogens with one attached hydrogen (secondary N) is 2. The number of carboxylic acids is 1. The molecule has 3 aromatic rings. The van der Waals surface area contributed by atoms with E-state index >= 15 is 0 Å². The molecule has 3 N–H and O–H groups in total. The van der Waals surface area contributed by atoms with Crippen LogP contribution >= 0.6 is 0 Å².